The summed E-state index contributed by atoms with van der Waals surface area (Å²) in [6.45, 7) is 2.59. The summed E-state index contributed by atoms with van der Waals surface area (Å²) in [4.78, 5) is 14.4. The van der Waals surface area contributed by atoms with Crippen LogP contribution in [0.15, 0.2) is 23.1 Å². The highest BCUT2D eigenvalue weighted by atomic mass is 35.5. The number of benzene rings is 1. The van der Waals surface area contributed by atoms with E-state index in [2.05, 4.69) is 0 Å². The van der Waals surface area contributed by atoms with Gasteiger partial charge < -0.3 is 14.4 Å². The first-order valence-electron chi connectivity index (χ1n) is 8.63. The minimum absolute atomic E-state index is 0.0523. The van der Waals surface area contributed by atoms with Gasteiger partial charge in [0.1, 0.15) is 10.6 Å². The highest BCUT2D eigenvalue weighted by Crippen LogP contribution is 2.30. The Balaban J connectivity index is 1.76. The molecule has 144 valence electrons. The van der Waals surface area contributed by atoms with Crippen LogP contribution in [0.3, 0.4) is 0 Å². The Bertz CT molecular complexity index is 764. The third-order valence-corrected chi connectivity index (χ3v) is 6.94. The van der Waals surface area contributed by atoms with Crippen LogP contribution in [-0.2, 0) is 19.6 Å². The molecule has 0 spiro atoms. The fourth-order valence-electron chi connectivity index (χ4n) is 3.33. The molecule has 0 aliphatic carbocycles. The summed E-state index contributed by atoms with van der Waals surface area (Å²) >= 11 is 5.99. The molecule has 1 unspecified atom stereocenters. The number of rotatable bonds is 4. The number of hydrogen-bond donors (Lipinski definition) is 0. The first kappa shape index (κ1) is 19.4. The zero-order chi connectivity index (χ0) is 18.7. The molecule has 1 atom stereocenters. The largest absolute Gasteiger partial charge is 0.495 e. The lowest BCUT2D eigenvalue weighted by atomic mass is 10.1. The maximum atomic E-state index is 13.1. The van der Waals surface area contributed by atoms with Gasteiger partial charge in [0, 0.05) is 37.8 Å². The second kappa shape index (κ2) is 8.12. The van der Waals surface area contributed by atoms with Gasteiger partial charge >= 0.3 is 0 Å². The third kappa shape index (κ3) is 3.98. The van der Waals surface area contributed by atoms with Crippen molar-refractivity contribution < 1.29 is 22.7 Å². The molecular formula is C17H23ClN2O5S. The number of halogens is 1. The minimum atomic E-state index is -3.76. The fraction of sp³-hybridized carbons (Fsp3) is 0.588. The van der Waals surface area contributed by atoms with E-state index < -0.39 is 10.0 Å². The summed E-state index contributed by atoms with van der Waals surface area (Å²) in [7, 11) is -2.33. The van der Waals surface area contributed by atoms with E-state index in [-0.39, 0.29) is 29.0 Å². The predicted molar refractivity (Wildman–Crippen MR) is 96.9 cm³/mol. The molecule has 2 aliphatic heterocycles. The van der Waals surface area contributed by atoms with E-state index in [9.17, 15) is 13.2 Å². The van der Waals surface area contributed by atoms with Crippen molar-refractivity contribution in [3.63, 3.8) is 0 Å². The van der Waals surface area contributed by atoms with Gasteiger partial charge in [0.2, 0.25) is 15.9 Å². The summed E-state index contributed by atoms with van der Waals surface area (Å²) in [6, 6.07) is 4.54. The number of amides is 1. The third-order valence-electron chi connectivity index (χ3n) is 4.79. The molecule has 1 aromatic carbocycles. The maximum absolute atomic E-state index is 13.1. The van der Waals surface area contributed by atoms with Crippen LogP contribution < -0.4 is 4.74 Å². The summed E-state index contributed by atoms with van der Waals surface area (Å²) in [5.74, 6) is 0.211. The van der Waals surface area contributed by atoms with Crippen molar-refractivity contribution in [2.75, 3.05) is 46.5 Å². The zero-order valence-electron chi connectivity index (χ0n) is 14.7. The normalized spacial score (nSPS) is 22.2. The van der Waals surface area contributed by atoms with E-state index >= 15 is 0 Å². The number of sulfonamides is 1. The monoisotopic (exact) mass is 402 g/mol. The Morgan fingerprint density at radius 2 is 2.08 bits per heavy atom. The average molecular weight is 403 g/mol. The lowest BCUT2D eigenvalue weighted by Crippen LogP contribution is -2.40. The Labute approximate surface area is 158 Å². The lowest BCUT2D eigenvalue weighted by Gasteiger charge is -2.24. The molecule has 9 heteroatoms. The molecule has 0 radical (unpaired) electrons. The van der Waals surface area contributed by atoms with Gasteiger partial charge in [-0.2, -0.15) is 4.31 Å². The van der Waals surface area contributed by atoms with Crippen LogP contribution in [0.5, 0.6) is 5.75 Å². The van der Waals surface area contributed by atoms with Gasteiger partial charge in [-0.3, -0.25) is 4.79 Å². The van der Waals surface area contributed by atoms with Crippen molar-refractivity contribution in [3.05, 3.63) is 23.2 Å². The van der Waals surface area contributed by atoms with E-state index in [0.29, 0.717) is 44.3 Å². The molecule has 0 aromatic heterocycles. The Kier molecular flexibility index (Phi) is 6.06. The Hall–Kier alpha value is -1.35. The molecule has 0 bridgehead atoms. The molecule has 0 saturated carbocycles. The first-order chi connectivity index (χ1) is 12.4. The zero-order valence-corrected chi connectivity index (χ0v) is 16.3. The highest BCUT2D eigenvalue weighted by Gasteiger charge is 2.33. The summed E-state index contributed by atoms with van der Waals surface area (Å²) in [6.07, 6.45) is 1.32. The molecule has 3 rings (SSSR count). The predicted octanol–water partition coefficient (Wildman–Crippen LogP) is 1.61. The summed E-state index contributed by atoms with van der Waals surface area (Å²) < 4.78 is 38.0. The molecule has 2 saturated heterocycles. The van der Waals surface area contributed by atoms with Gasteiger partial charge in [0.05, 0.1) is 19.6 Å². The SMILES string of the molecule is COc1ccc(Cl)cc1S(=O)(=O)N1CCCN(C(=O)C2CCOC2)CC1. The lowest BCUT2D eigenvalue weighted by molar-refractivity contribution is -0.135. The van der Waals surface area contributed by atoms with Crippen molar-refractivity contribution in [1.82, 2.24) is 9.21 Å². The van der Waals surface area contributed by atoms with Crippen LogP contribution in [0.25, 0.3) is 0 Å². The van der Waals surface area contributed by atoms with Crippen LogP contribution in [0.4, 0.5) is 0 Å². The number of carbonyl (C=O) groups excluding carboxylic acids is 1. The summed E-state index contributed by atoms with van der Waals surface area (Å²) in [5.41, 5.74) is 0. The van der Waals surface area contributed by atoms with E-state index in [1.165, 1.54) is 17.5 Å². The van der Waals surface area contributed by atoms with E-state index in [1.54, 1.807) is 17.0 Å². The molecule has 26 heavy (non-hydrogen) atoms. The molecule has 1 amide bonds. The van der Waals surface area contributed by atoms with Gasteiger partial charge in [0.25, 0.3) is 0 Å². The second-order valence-electron chi connectivity index (χ2n) is 6.44. The average Bonchev–Trinajstić information content (AvgIpc) is 3.05. The van der Waals surface area contributed by atoms with Crippen molar-refractivity contribution in [1.29, 1.82) is 0 Å². The van der Waals surface area contributed by atoms with Crippen molar-refractivity contribution in [2.24, 2.45) is 5.92 Å². The number of ether oxygens (including phenoxy) is 2. The molecular weight excluding hydrogens is 380 g/mol. The van der Waals surface area contributed by atoms with Gasteiger partial charge in [-0.05, 0) is 31.0 Å². The summed E-state index contributed by atoms with van der Waals surface area (Å²) in [5, 5.41) is 0.331. The highest BCUT2D eigenvalue weighted by molar-refractivity contribution is 7.89. The van der Waals surface area contributed by atoms with Crippen molar-refractivity contribution >= 4 is 27.5 Å². The van der Waals surface area contributed by atoms with E-state index in [4.69, 9.17) is 21.1 Å². The quantitative estimate of drug-likeness (QED) is 0.764. The standard InChI is InChI=1S/C17H23ClN2O5S/c1-24-15-4-3-14(18)11-16(15)26(22,23)20-7-2-6-19(8-9-20)17(21)13-5-10-25-12-13/h3-4,11,13H,2,5-10,12H2,1H3. The van der Waals surface area contributed by atoms with E-state index in [0.717, 1.165) is 6.42 Å². The van der Waals surface area contributed by atoms with Crippen molar-refractivity contribution in [3.8, 4) is 5.75 Å². The number of hydrogen-bond acceptors (Lipinski definition) is 5. The Morgan fingerprint density at radius 1 is 1.27 bits per heavy atom. The smallest absolute Gasteiger partial charge is 0.246 e. The molecule has 7 nitrogen and oxygen atoms in total. The van der Waals surface area contributed by atoms with E-state index in [1.807, 2.05) is 0 Å². The van der Waals surface area contributed by atoms with Gasteiger partial charge in [-0.1, -0.05) is 11.6 Å². The van der Waals surface area contributed by atoms with Crippen LogP contribution in [-0.4, -0.2) is 70.0 Å². The number of carbonyl (C=O) groups is 1. The number of methoxy groups -OCH3 is 1. The fourth-order valence-corrected chi connectivity index (χ4v) is 5.22. The topological polar surface area (TPSA) is 76.2 Å². The molecule has 2 aliphatic rings. The molecule has 2 heterocycles. The first-order valence-corrected chi connectivity index (χ1v) is 10.5. The van der Waals surface area contributed by atoms with Gasteiger partial charge in [-0.25, -0.2) is 8.42 Å². The van der Waals surface area contributed by atoms with Crippen LogP contribution in [0.1, 0.15) is 12.8 Å². The van der Waals surface area contributed by atoms with Crippen LogP contribution in [0, 0.1) is 5.92 Å². The molecule has 2 fully saturated rings. The van der Waals surface area contributed by atoms with Crippen molar-refractivity contribution in [2.45, 2.75) is 17.7 Å². The second-order valence-corrected chi connectivity index (χ2v) is 8.78. The van der Waals surface area contributed by atoms with Crippen LogP contribution in [0.2, 0.25) is 5.02 Å². The Morgan fingerprint density at radius 3 is 2.77 bits per heavy atom. The number of nitrogens with zero attached hydrogens (tertiary/aromatic N) is 2. The maximum Gasteiger partial charge on any atom is 0.246 e. The molecule has 0 N–H and O–H groups in total. The molecule has 1 aromatic rings. The van der Waals surface area contributed by atoms with Gasteiger partial charge in [0.15, 0.2) is 0 Å². The van der Waals surface area contributed by atoms with Gasteiger partial charge in [-0.15, -0.1) is 0 Å². The minimum Gasteiger partial charge on any atom is -0.495 e. The van der Waals surface area contributed by atoms with Crippen LogP contribution >= 0.6 is 11.6 Å².